The van der Waals surface area contributed by atoms with Gasteiger partial charge in [-0.2, -0.15) is 0 Å². The van der Waals surface area contributed by atoms with Gasteiger partial charge in [0.1, 0.15) is 6.54 Å². The van der Waals surface area contributed by atoms with Gasteiger partial charge in [-0.15, -0.1) is 5.10 Å². The molecule has 0 radical (unpaired) electrons. The minimum atomic E-state index is -0.220. The van der Waals surface area contributed by atoms with E-state index in [1.165, 1.54) is 4.68 Å². The summed E-state index contributed by atoms with van der Waals surface area (Å²) in [6.45, 7) is -0.0164. The van der Waals surface area contributed by atoms with Gasteiger partial charge in [-0.05, 0) is 60.2 Å². The summed E-state index contributed by atoms with van der Waals surface area (Å²) in [5.41, 5.74) is 3.99. The van der Waals surface area contributed by atoms with E-state index < -0.39 is 0 Å². The molecule has 1 aromatic heterocycles. The van der Waals surface area contributed by atoms with Gasteiger partial charge in [0.15, 0.2) is 11.6 Å². The molecule has 1 fully saturated rings. The average Bonchev–Trinajstić information content (AvgIpc) is 3.63. The zero-order valence-corrected chi connectivity index (χ0v) is 18.9. The molecule has 4 aromatic rings. The standard InChI is InChI=1S/C27H24ClN3O2/c28-23-12-10-21(11-13-23)26-29-30(27(33)31(26)24-14-15-24)18-25(32)16-9-19-5-4-8-22(17-19)20-6-2-1-3-7-20/h1-8,10-13,17,24H,9,14-16,18H2. The lowest BCUT2D eigenvalue weighted by molar-refractivity contribution is -0.119. The minimum Gasteiger partial charge on any atom is -0.298 e. The third kappa shape index (κ3) is 4.83. The largest absolute Gasteiger partial charge is 0.346 e. The zero-order valence-electron chi connectivity index (χ0n) is 18.2. The summed E-state index contributed by atoms with van der Waals surface area (Å²) in [4.78, 5) is 25.8. The second kappa shape index (κ2) is 9.20. The molecule has 5 nitrogen and oxygen atoms in total. The van der Waals surface area contributed by atoms with Crippen LogP contribution in [-0.4, -0.2) is 20.1 Å². The summed E-state index contributed by atoms with van der Waals surface area (Å²) >= 11 is 6.01. The lowest BCUT2D eigenvalue weighted by atomic mass is 10.0. The quantitative estimate of drug-likeness (QED) is 0.347. The second-order valence-corrected chi connectivity index (χ2v) is 8.91. The number of benzene rings is 3. The summed E-state index contributed by atoms with van der Waals surface area (Å²) in [5.74, 6) is 0.591. The van der Waals surface area contributed by atoms with Crippen molar-refractivity contribution in [1.82, 2.24) is 14.3 Å². The van der Waals surface area contributed by atoms with Gasteiger partial charge in [-0.3, -0.25) is 9.36 Å². The van der Waals surface area contributed by atoms with Crippen LogP contribution >= 0.6 is 11.6 Å². The van der Waals surface area contributed by atoms with Gasteiger partial charge in [0.2, 0.25) is 0 Å². The highest BCUT2D eigenvalue weighted by molar-refractivity contribution is 6.30. The third-order valence-corrected chi connectivity index (χ3v) is 6.19. The average molecular weight is 458 g/mol. The lowest BCUT2D eigenvalue weighted by Crippen LogP contribution is -2.27. The highest BCUT2D eigenvalue weighted by Gasteiger charge is 2.30. The van der Waals surface area contributed by atoms with Crippen molar-refractivity contribution in [2.24, 2.45) is 0 Å². The third-order valence-electron chi connectivity index (χ3n) is 5.94. The number of Topliss-reactive ketones (excluding diaryl/α,β-unsaturated/α-hetero) is 1. The fourth-order valence-electron chi connectivity index (χ4n) is 4.05. The molecule has 1 heterocycles. The van der Waals surface area contributed by atoms with E-state index in [4.69, 9.17) is 11.6 Å². The number of aromatic nitrogens is 3. The van der Waals surface area contributed by atoms with Crippen molar-refractivity contribution < 1.29 is 4.79 Å². The first-order valence-corrected chi connectivity index (χ1v) is 11.6. The Morgan fingerprint density at radius 2 is 1.64 bits per heavy atom. The second-order valence-electron chi connectivity index (χ2n) is 8.48. The van der Waals surface area contributed by atoms with Crippen LogP contribution in [0.4, 0.5) is 0 Å². The summed E-state index contributed by atoms with van der Waals surface area (Å²) in [5, 5.41) is 5.15. The highest BCUT2D eigenvalue weighted by Crippen LogP contribution is 2.36. The lowest BCUT2D eigenvalue weighted by Gasteiger charge is -2.06. The number of rotatable bonds is 8. The normalized spacial score (nSPS) is 13.2. The van der Waals surface area contributed by atoms with Crippen molar-refractivity contribution in [3.05, 3.63) is 99.9 Å². The van der Waals surface area contributed by atoms with Crippen molar-refractivity contribution >= 4 is 17.4 Å². The van der Waals surface area contributed by atoms with Crippen molar-refractivity contribution in [3.8, 4) is 22.5 Å². The van der Waals surface area contributed by atoms with Crippen LogP contribution in [0.25, 0.3) is 22.5 Å². The van der Waals surface area contributed by atoms with Crippen molar-refractivity contribution in [2.45, 2.75) is 38.3 Å². The van der Waals surface area contributed by atoms with Crippen LogP contribution in [0.3, 0.4) is 0 Å². The molecular formula is C27H24ClN3O2. The Labute approximate surface area is 197 Å². The molecule has 0 N–H and O–H groups in total. The SMILES string of the molecule is O=C(CCc1cccc(-c2ccccc2)c1)Cn1nc(-c2ccc(Cl)cc2)n(C2CC2)c1=O. The number of aryl methyl sites for hydroxylation is 1. The molecular weight excluding hydrogens is 434 g/mol. The maximum Gasteiger partial charge on any atom is 0.346 e. The number of hydrogen-bond acceptors (Lipinski definition) is 3. The molecule has 1 aliphatic rings. The van der Waals surface area contributed by atoms with Crippen molar-refractivity contribution in [3.63, 3.8) is 0 Å². The van der Waals surface area contributed by atoms with Crippen LogP contribution in [0.15, 0.2) is 83.7 Å². The van der Waals surface area contributed by atoms with Crippen molar-refractivity contribution in [2.75, 3.05) is 0 Å². The van der Waals surface area contributed by atoms with E-state index in [-0.39, 0.29) is 24.1 Å². The molecule has 0 aliphatic heterocycles. The first-order chi connectivity index (χ1) is 16.1. The number of hydrogen-bond donors (Lipinski definition) is 0. The van der Waals surface area contributed by atoms with Gasteiger partial charge in [0, 0.05) is 23.0 Å². The van der Waals surface area contributed by atoms with E-state index in [1.54, 1.807) is 16.7 Å². The number of carbonyl (C=O) groups is 1. The van der Waals surface area contributed by atoms with Crippen molar-refractivity contribution in [1.29, 1.82) is 0 Å². The fourth-order valence-corrected chi connectivity index (χ4v) is 4.17. The topological polar surface area (TPSA) is 56.9 Å². The summed E-state index contributed by atoms with van der Waals surface area (Å²) in [7, 11) is 0. The molecule has 6 heteroatoms. The Bertz CT molecular complexity index is 1340. The first-order valence-electron chi connectivity index (χ1n) is 11.2. The monoisotopic (exact) mass is 457 g/mol. The van der Waals surface area contributed by atoms with E-state index in [0.29, 0.717) is 23.7 Å². The van der Waals surface area contributed by atoms with Gasteiger partial charge in [0.05, 0.1) is 0 Å². The molecule has 0 atom stereocenters. The molecule has 33 heavy (non-hydrogen) atoms. The smallest absolute Gasteiger partial charge is 0.298 e. The maximum absolute atomic E-state index is 13.0. The summed E-state index contributed by atoms with van der Waals surface area (Å²) in [6.07, 6.45) is 2.90. The van der Waals surface area contributed by atoms with Crippen LogP contribution < -0.4 is 5.69 Å². The van der Waals surface area contributed by atoms with E-state index in [2.05, 4.69) is 29.4 Å². The molecule has 0 saturated heterocycles. The molecule has 3 aromatic carbocycles. The number of carbonyl (C=O) groups excluding carboxylic acids is 1. The number of ketones is 1. The van der Waals surface area contributed by atoms with Crippen LogP contribution in [-0.2, 0) is 17.8 Å². The summed E-state index contributed by atoms with van der Waals surface area (Å²) in [6, 6.07) is 25.9. The molecule has 0 unspecified atom stereocenters. The Kier molecular flexibility index (Phi) is 5.97. The van der Waals surface area contributed by atoms with E-state index in [1.807, 2.05) is 42.5 Å². The molecule has 0 bridgehead atoms. The summed E-state index contributed by atoms with van der Waals surface area (Å²) < 4.78 is 3.03. The molecule has 5 rings (SSSR count). The number of halogens is 1. The predicted molar refractivity (Wildman–Crippen MR) is 130 cm³/mol. The Hall–Kier alpha value is -3.44. The Morgan fingerprint density at radius 3 is 2.36 bits per heavy atom. The van der Waals surface area contributed by atoms with Gasteiger partial charge in [-0.1, -0.05) is 66.2 Å². The van der Waals surface area contributed by atoms with Gasteiger partial charge >= 0.3 is 5.69 Å². The first kappa shape index (κ1) is 21.4. The minimum absolute atomic E-state index is 0.00897. The fraction of sp³-hybridized carbons (Fsp3) is 0.222. The molecule has 1 saturated carbocycles. The van der Waals surface area contributed by atoms with Gasteiger partial charge < -0.3 is 0 Å². The number of nitrogens with zero attached hydrogens (tertiary/aromatic N) is 3. The maximum atomic E-state index is 13.0. The Balaban J connectivity index is 1.30. The van der Waals surface area contributed by atoms with E-state index in [0.717, 1.165) is 35.1 Å². The molecule has 1 aliphatic carbocycles. The predicted octanol–water partition coefficient (Wildman–Crippen LogP) is 5.57. The Morgan fingerprint density at radius 1 is 0.909 bits per heavy atom. The van der Waals surface area contributed by atoms with Crippen LogP contribution in [0.5, 0.6) is 0 Å². The zero-order chi connectivity index (χ0) is 22.8. The van der Waals surface area contributed by atoms with Crippen LogP contribution in [0.1, 0.15) is 30.9 Å². The molecule has 0 amide bonds. The highest BCUT2D eigenvalue weighted by atomic mass is 35.5. The van der Waals surface area contributed by atoms with Gasteiger partial charge in [-0.25, -0.2) is 9.48 Å². The molecule has 0 spiro atoms. The van der Waals surface area contributed by atoms with Crippen LogP contribution in [0, 0.1) is 0 Å². The van der Waals surface area contributed by atoms with Crippen LogP contribution in [0.2, 0.25) is 5.02 Å². The molecule has 166 valence electrons. The van der Waals surface area contributed by atoms with Gasteiger partial charge in [0.25, 0.3) is 0 Å². The van der Waals surface area contributed by atoms with E-state index >= 15 is 0 Å². The van der Waals surface area contributed by atoms with E-state index in [9.17, 15) is 9.59 Å².